The van der Waals surface area contributed by atoms with Gasteiger partial charge in [-0.3, -0.25) is 0 Å². The molecule has 0 radical (unpaired) electrons. The van der Waals surface area contributed by atoms with Gasteiger partial charge in [0, 0.05) is 6.20 Å². The molecule has 50 valence electrons. The Hall–Kier alpha value is -0.500. The molecule has 1 atom stereocenters. The molecule has 1 rings (SSSR count). The van der Waals surface area contributed by atoms with Gasteiger partial charge in [-0.1, -0.05) is 0 Å². The van der Waals surface area contributed by atoms with E-state index in [1.165, 1.54) is 0 Å². The van der Waals surface area contributed by atoms with Crippen LogP contribution in [0.1, 0.15) is 23.8 Å². The maximum absolute atomic E-state index is 5.75. The fourth-order valence-corrected chi connectivity index (χ4v) is 0.753. The summed E-state index contributed by atoms with van der Waals surface area (Å²) in [4.78, 5) is 7.03. The summed E-state index contributed by atoms with van der Waals surface area (Å²) in [6.45, 7) is 3.82. The standard InChI is InChI=1S/C6H9ClN2/c1-4(7)6-3-8-5(2)9-6/h3-4H,1-2H3,(H,8,9). The Morgan fingerprint density at radius 3 is 2.67 bits per heavy atom. The highest BCUT2D eigenvalue weighted by Gasteiger charge is 2.01. The molecular weight excluding hydrogens is 136 g/mol. The Balaban J connectivity index is 2.85. The molecule has 0 aromatic carbocycles. The number of aromatic amines is 1. The van der Waals surface area contributed by atoms with E-state index >= 15 is 0 Å². The average molecular weight is 145 g/mol. The summed E-state index contributed by atoms with van der Waals surface area (Å²) in [5.41, 5.74) is 0.981. The van der Waals surface area contributed by atoms with Crippen LogP contribution in [0, 0.1) is 6.92 Å². The molecule has 0 aliphatic heterocycles. The predicted molar refractivity (Wildman–Crippen MR) is 37.6 cm³/mol. The molecule has 0 bridgehead atoms. The number of hydrogen-bond donors (Lipinski definition) is 1. The van der Waals surface area contributed by atoms with E-state index < -0.39 is 0 Å². The number of hydrogen-bond acceptors (Lipinski definition) is 1. The van der Waals surface area contributed by atoms with Crippen molar-refractivity contribution in [1.82, 2.24) is 9.97 Å². The second-order valence-electron chi connectivity index (χ2n) is 2.04. The number of H-pyrrole nitrogens is 1. The number of imidazole rings is 1. The summed E-state index contributed by atoms with van der Waals surface area (Å²) >= 11 is 5.75. The molecule has 1 N–H and O–H groups in total. The molecule has 0 aliphatic rings. The zero-order valence-corrected chi connectivity index (χ0v) is 6.24. The predicted octanol–water partition coefficient (Wildman–Crippen LogP) is 2.02. The van der Waals surface area contributed by atoms with Gasteiger partial charge in [0.05, 0.1) is 11.1 Å². The van der Waals surface area contributed by atoms with E-state index in [0.717, 1.165) is 11.5 Å². The van der Waals surface area contributed by atoms with Crippen molar-refractivity contribution in [1.29, 1.82) is 0 Å². The monoisotopic (exact) mass is 144 g/mol. The molecule has 0 fully saturated rings. The van der Waals surface area contributed by atoms with E-state index in [0.29, 0.717) is 0 Å². The Labute approximate surface area is 59.3 Å². The summed E-state index contributed by atoms with van der Waals surface area (Å²) in [5.74, 6) is 0.914. The van der Waals surface area contributed by atoms with Crippen molar-refractivity contribution in [2.24, 2.45) is 0 Å². The summed E-state index contributed by atoms with van der Waals surface area (Å²) in [6.07, 6.45) is 1.76. The van der Waals surface area contributed by atoms with Gasteiger partial charge in [-0.2, -0.15) is 0 Å². The molecule has 0 saturated heterocycles. The van der Waals surface area contributed by atoms with Crippen molar-refractivity contribution >= 4 is 11.6 Å². The van der Waals surface area contributed by atoms with Crippen LogP contribution in [0.3, 0.4) is 0 Å². The molecule has 1 aromatic heterocycles. The normalized spacial score (nSPS) is 13.7. The first-order valence-electron chi connectivity index (χ1n) is 2.85. The van der Waals surface area contributed by atoms with Crippen LogP contribution in [-0.4, -0.2) is 9.97 Å². The van der Waals surface area contributed by atoms with Gasteiger partial charge >= 0.3 is 0 Å². The first-order chi connectivity index (χ1) is 4.20. The van der Waals surface area contributed by atoms with Crippen molar-refractivity contribution in [3.8, 4) is 0 Å². The molecule has 0 spiro atoms. The fourth-order valence-electron chi connectivity index (χ4n) is 0.642. The molecule has 1 unspecified atom stereocenters. The third kappa shape index (κ3) is 1.45. The quantitative estimate of drug-likeness (QED) is 0.601. The topological polar surface area (TPSA) is 28.7 Å². The Kier molecular flexibility index (Phi) is 1.76. The highest BCUT2D eigenvalue weighted by atomic mass is 35.5. The lowest BCUT2D eigenvalue weighted by molar-refractivity contribution is 1.00. The van der Waals surface area contributed by atoms with Gasteiger partial charge in [0.15, 0.2) is 0 Å². The van der Waals surface area contributed by atoms with Crippen LogP contribution < -0.4 is 0 Å². The molecule has 0 saturated carbocycles. The zero-order chi connectivity index (χ0) is 6.85. The lowest BCUT2D eigenvalue weighted by Crippen LogP contribution is -1.82. The summed E-state index contributed by atoms with van der Waals surface area (Å²) in [6, 6.07) is 0. The summed E-state index contributed by atoms with van der Waals surface area (Å²) in [5, 5.41) is 0.0335. The van der Waals surface area contributed by atoms with E-state index in [2.05, 4.69) is 9.97 Å². The fraction of sp³-hybridized carbons (Fsp3) is 0.500. The van der Waals surface area contributed by atoms with Gasteiger partial charge in [-0.25, -0.2) is 4.98 Å². The van der Waals surface area contributed by atoms with Crippen molar-refractivity contribution in [3.05, 3.63) is 17.7 Å². The zero-order valence-electron chi connectivity index (χ0n) is 5.48. The van der Waals surface area contributed by atoms with Gasteiger partial charge in [-0.05, 0) is 13.8 Å². The maximum atomic E-state index is 5.75. The lowest BCUT2D eigenvalue weighted by Gasteiger charge is -1.94. The second kappa shape index (κ2) is 2.40. The van der Waals surface area contributed by atoms with Crippen LogP contribution in [0.25, 0.3) is 0 Å². The summed E-state index contributed by atoms with van der Waals surface area (Å²) in [7, 11) is 0. The first kappa shape index (κ1) is 6.62. The second-order valence-corrected chi connectivity index (χ2v) is 2.69. The molecule has 1 heterocycles. The van der Waals surface area contributed by atoms with Crippen LogP contribution in [0.5, 0.6) is 0 Å². The van der Waals surface area contributed by atoms with Gasteiger partial charge in [0.2, 0.25) is 0 Å². The maximum Gasteiger partial charge on any atom is 0.103 e. The van der Waals surface area contributed by atoms with E-state index in [1.807, 2.05) is 13.8 Å². The average Bonchev–Trinajstić information content (AvgIpc) is 2.14. The minimum Gasteiger partial charge on any atom is -0.345 e. The van der Waals surface area contributed by atoms with Crippen LogP contribution in [0.15, 0.2) is 6.20 Å². The molecule has 0 aliphatic carbocycles. The smallest absolute Gasteiger partial charge is 0.103 e. The molecule has 9 heavy (non-hydrogen) atoms. The van der Waals surface area contributed by atoms with Crippen LogP contribution in [0.2, 0.25) is 0 Å². The third-order valence-corrected chi connectivity index (χ3v) is 1.39. The van der Waals surface area contributed by atoms with Crippen molar-refractivity contribution in [2.45, 2.75) is 19.2 Å². The minimum atomic E-state index is 0.0335. The molecule has 1 aromatic rings. The number of halogens is 1. The van der Waals surface area contributed by atoms with E-state index in [-0.39, 0.29) is 5.38 Å². The largest absolute Gasteiger partial charge is 0.345 e. The van der Waals surface area contributed by atoms with Gasteiger partial charge < -0.3 is 4.98 Å². The van der Waals surface area contributed by atoms with Crippen molar-refractivity contribution < 1.29 is 0 Å². The van der Waals surface area contributed by atoms with Gasteiger partial charge in [0.25, 0.3) is 0 Å². The molecular formula is C6H9ClN2. The van der Waals surface area contributed by atoms with Crippen molar-refractivity contribution in [3.63, 3.8) is 0 Å². The Morgan fingerprint density at radius 1 is 1.78 bits per heavy atom. The van der Waals surface area contributed by atoms with Crippen LogP contribution in [-0.2, 0) is 0 Å². The van der Waals surface area contributed by atoms with Crippen molar-refractivity contribution in [2.75, 3.05) is 0 Å². The van der Waals surface area contributed by atoms with E-state index in [4.69, 9.17) is 11.6 Å². The number of nitrogens with zero attached hydrogens (tertiary/aromatic N) is 1. The Bertz CT molecular complexity index is 193. The lowest BCUT2D eigenvalue weighted by atomic mass is 10.4. The number of aryl methyl sites for hydroxylation is 1. The molecule has 2 nitrogen and oxygen atoms in total. The van der Waals surface area contributed by atoms with Gasteiger partial charge in [0.1, 0.15) is 5.82 Å². The number of nitrogens with one attached hydrogen (secondary N) is 1. The third-order valence-electron chi connectivity index (χ3n) is 1.15. The van der Waals surface area contributed by atoms with E-state index in [9.17, 15) is 0 Å². The first-order valence-corrected chi connectivity index (χ1v) is 3.29. The van der Waals surface area contributed by atoms with Crippen LogP contribution >= 0.6 is 11.6 Å². The SMILES string of the molecule is Cc1ncc(C(C)Cl)[nH]1. The molecule has 3 heteroatoms. The van der Waals surface area contributed by atoms with Gasteiger partial charge in [-0.15, -0.1) is 11.6 Å². The number of alkyl halides is 1. The summed E-state index contributed by atoms with van der Waals surface area (Å²) < 4.78 is 0. The Morgan fingerprint density at radius 2 is 2.44 bits per heavy atom. The highest BCUT2D eigenvalue weighted by Crippen LogP contribution is 2.15. The minimum absolute atomic E-state index is 0.0335. The number of aromatic nitrogens is 2. The van der Waals surface area contributed by atoms with Crippen LogP contribution in [0.4, 0.5) is 0 Å². The van der Waals surface area contributed by atoms with E-state index in [1.54, 1.807) is 6.20 Å². The molecule has 0 amide bonds. The number of rotatable bonds is 1. The highest BCUT2D eigenvalue weighted by molar-refractivity contribution is 6.20.